The molecule has 0 rings (SSSR count). The molecular formula is C11H25NSi. The lowest BCUT2D eigenvalue weighted by atomic mass is 10.2. The van der Waals surface area contributed by atoms with Crippen LogP contribution in [-0.4, -0.2) is 28.5 Å². The maximum Gasteiger partial charge on any atom is 0.0571 e. The smallest absolute Gasteiger partial charge is 0.0571 e. The van der Waals surface area contributed by atoms with Crippen molar-refractivity contribution in [3.63, 3.8) is 0 Å². The van der Waals surface area contributed by atoms with Crippen LogP contribution in [0.5, 0.6) is 0 Å². The Morgan fingerprint density at radius 2 is 1.69 bits per heavy atom. The molecule has 0 aliphatic heterocycles. The predicted octanol–water partition coefficient (Wildman–Crippen LogP) is 2.43. The number of allylic oxidation sites excluding steroid dienone is 1. The number of nitrogens with zero attached hydrogens (tertiary/aromatic N) is 1. The highest BCUT2D eigenvalue weighted by molar-refractivity contribution is 6.48. The summed E-state index contributed by atoms with van der Waals surface area (Å²) in [5.41, 5.74) is 0. The Hall–Kier alpha value is -0.243. The normalized spacial score (nSPS) is 14.6. The first-order valence-corrected chi connectivity index (χ1v) is 6.51. The fourth-order valence-electron chi connectivity index (χ4n) is 1.34. The molecule has 0 fully saturated rings. The molecule has 0 bridgehead atoms. The molecule has 0 heterocycles. The van der Waals surface area contributed by atoms with Gasteiger partial charge in [-0.3, -0.25) is 0 Å². The summed E-state index contributed by atoms with van der Waals surface area (Å²) in [4.78, 5) is 2.17. The van der Waals surface area contributed by atoms with Crippen LogP contribution in [0.3, 0.4) is 0 Å². The first-order valence-electron chi connectivity index (χ1n) is 5.09. The van der Waals surface area contributed by atoms with Crippen LogP contribution in [0.25, 0.3) is 0 Å². The molecule has 0 spiro atoms. The zero-order valence-electron chi connectivity index (χ0n) is 10.3. The van der Waals surface area contributed by atoms with Gasteiger partial charge in [0.25, 0.3) is 0 Å². The molecule has 0 aliphatic rings. The minimum atomic E-state index is -0.107. The standard InChI is InChI=1S/C11H25NSi/c1-9(2)10(8-12(6)7)13-11(3,4)5/h8-9H,13H2,1-7H3. The molecule has 0 amide bonds. The van der Waals surface area contributed by atoms with E-state index < -0.39 is 0 Å². The molecule has 1 nitrogen and oxygen atoms in total. The van der Waals surface area contributed by atoms with Gasteiger partial charge in [0.05, 0.1) is 9.52 Å². The van der Waals surface area contributed by atoms with Crippen molar-refractivity contribution in [3.05, 3.63) is 11.4 Å². The maximum atomic E-state index is 2.35. The van der Waals surface area contributed by atoms with Crippen molar-refractivity contribution in [2.75, 3.05) is 14.1 Å². The molecular weight excluding hydrogens is 174 g/mol. The van der Waals surface area contributed by atoms with E-state index >= 15 is 0 Å². The van der Waals surface area contributed by atoms with Gasteiger partial charge in [-0.05, 0) is 17.2 Å². The molecule has 0 N–H and O–H groups in total. The van der Waals surface area contributed by atoms with Crippen molar-refractivity contribution in [1.82, 2.24) is 4.90 Å². The molecule has 0 saturated heterocycles. The van der Waals surface area contributed by atoms with Crippen LogP contribution < -0.4 is 0 Å². The second-order valence-corrected chi connectivity index (χ2v) is 8.85. The maximum absolute atomic E-state index is 2.35. The molecule has 0 aromatic rings. The fourth-order valence-corrected chi connectivity index (χ4v) is 3.43. The highest BCUT2D eigenvalue weighted by Gasteiger charge is 2.16. The second kappa shape index (κ2) is 4.84. The van der Waals surface area contributed by atoms with Crippen LogP contribution in [0, 0.1) is 5.92 Å². The molecule has 0 aliphatic carbocycles. The van der Waals surface area contributed by atoms with Crippen LogP contribution >= 0.6 is 0 Å². The van der Waals surface area contributed by atoms with Gasteiger partial charge in [-0.2, -0.15) is 0 Å². The van der Waals surface area contributed by atoms with Gasteiger partial charge in [0.1, 0.15) is 0 Å². The van der Waals surface area contributed by atoms with Crippen molar-refractivity contribution < 1.29 is 0 Å². The van der Waals surface area contributed by atoms with E-state index in [2.05, 4.69) is 59.8 Å². The van der Waals surface area contributed by atoms with Crippen molar-refractivity contribution in [2.45, 2.75) is 39.7 Å². The lowest BCUT2D eigenvalue weighted by Crippen LogP contribution is -2.17. The molecule has 0 saturated carbocycles. The lowest BCUT2D eigenvalue weighted by Gasteiger charge is -2.23. The number of hydrogen-bond donors (Lipinski definition) is 0. The van der Waals surface area contributed by atoms with E-state index in [0.29, 0.717) is 11.0 Å². The van der Waals surface area contributed by atoms with Gasteiger partial charge in [-0.15, -0.1) is 0 Å². The summed E-state index contributed by atoms with van der Waals surface area (Å²) < 4.78 is 0. The summed E-state index contributed by atoms with van der Waals surface area (Å²) in [5, 5.41) is 2.21. The van der Waals surface area contributed by atoms with E-state index in [-0.39, 0.29) is 9.52 Å². The van der Waals surface area contributed by atoms with Gasteiger partial charge in [0.2, 0.25) is 0 Å². The van der Waals surface area contributed by atoms with Crippen LogP contribution in [0.15, 0.2) is 11.4 Å². The zero-order chi connectivity index (χ0) is 10.6. The highest BCUT2D eigenvalue weighted by atomic mass is 28.2. The molecule has 2 heteroatoms. The Morgan fingerprint density at radius 1 is 1.23 bits per heavy atom. The van der Waals surface area contributed by atoms with Gasteiger partial charge >= 0.3 is 0 Å². The average molecular weight is 199 g/mol. The lowest BCUT2D eigenvalue weighted by molar-refractivity contribution is 0.552. The average Bonchev–Trinajstić information content (AvgIpc) is 1.81. The SMILES string of the molecule is CC(C)C(=CN(C)C)[SiH2]C(C)(C)C. The van der Waals surface area contributed by atoms with Crippen LogP contribution in [0.1, 0.15) is 34.6 Å². The minimum Gasteiger partial charge on any atom is -0.384 e. The van der Waals surface area contributed by atoms with Crippen molar-refractivity contribution in [1.29, 1.82) is 0 Å². The highest BCUT2D eigenvalue weighted by Crippen LogP contribution is 2.26. The van der Waals surface area contributed by atoms with E-state index in [9.17, 15) is 0 Å². The first-order chi connectivity index (χ1) is 5.72. The van der Waals surface area contributed by atoms with E-state index in [0.717, 1.165) is 0 Å². The van der Waals surface area contributed by atoms with E-state index in [1.165, 1.54) is 0 Å². The summed E-state index contributed by atoms with van der Waals surface area (Å²) in [6.07, 6.45) is 2.32. The van der Waals surface area contributed by atoms with E-state index in [4.69, 9.17) is 0 Å². The third-order valence-electron chi connectivity index (χ3n) is 1.90. The third kappa shape index (κ3) is 6.88. The molecule has 0 aromatic heterocycles. The zero-order valence-corrected chi connectivity index (χ0v) is 11.7. The summed E-state index contributed by atoms with van der Waals surface area (Å²) in [6.45, 7) is 11.7. The molecule has 0 unspecified atom stereocenters. The third-order valence-corrected chi connectivity index (χ3v) is 4.37. The molecule has 13 heavy (non-hydrogen) atoms. The Kier molecular flexibility index (Phi) is 4.75. The van der Waals surface area contributed by atoms with Crippen molar-refractivity contribution in [2.24, 2.45) is 5.92 Å². The van der Waals surface area contributed by atoms with Gasteiger partial charge < -0.3 is 4.90 Å². The largest absolute Gasteiger partial charge is 0.384 e. The topological polar surface area (TPSA) is 3.24 Å². The molecule has 0 atom stereocenters. The Bertz CT molecular complexity index is 175. The van der Waals surface area contributed by atoms with Crippen molar-refractivity contribution in [3.8, 4) is 0 Å². The van der Waals surface area contributed by atoms with Gasteiger partial charge in [-0.1, -0.05) is 39.8 Å². The van der Waals surface area contributed by atoms with Crippen LogP contribution in [0.2, 0.25) is 5.04 Å². The number of hydrogen-bond acceptors (Lipinski definition) is 1. The van der Waals surface area contributed by atoms with Crippen molar-refractivity contribution >= 4 is 9.52 Å². The second-order valence-electron chi connectivity index (χ2n) is 5.56. The van der Waals surface area contributed by atoms with Crippen LogP contribution in [0.4, 0.5) is 0 Å². The molecule has 0 aromatic carbocycles. The molecule has 0 radical (unpaired) electrons. The summed E-state index contributed by atoms with van der Waals surface area (Å²) in [7, 11) is 4.11. The van der Waals surface area contributed by atoms with Gasteiger partial charge in [-0.25, -0.2) is 0 Å². The monoisotopic (exact) mass is 199 g/mol. The number of rotatable bonds is 3. The Labute approximate surface area is 86.0 Å². The van der Waals surface area contributed by atoms with Gasteiger partial charge in [0, 0.05) is 14.1 Å². The Balaban J connectivity index is 4.46. The van der Waals surface area contributed by atoms with Crippen LogP contribution in [-0.2, 0) is 0 Å². The predicted molar refractivity (Wildman–Crippen MR) is 64.9 cm³/mol. The van der Waals surface area contributed by atoms with E-state index in [1.807, 2.05) is 0 Å². The van der Waals surface area contributed by atoms with E-state index in [1.54, 1.807) is 5.20 Å². The van der Waals surface area contributed by atoms with Gasteiger partial charge in [0.15, 0.2) is 0 Å². The fraction of sp³-hybridized carbons (Fsp3) is 0.818. The summed E-state index contributed by atoms with van der Waals surface area (Å²) in [5.74, 6) is 0.716. The Morgan fingerprint density at radius 3 is 1.92 bits per heavy atom. The quantitative estimate of drug-likeness (QED) is 0.631. The summed E-state index contributed by atoms with van der Waals surface area (Å²) >= 11 is 0. The summed E-state index contributed by atoms with van der Waals surface area (Å²) in [6, 6.07) is 0. The first kappa shape index (κ1) is 12.8. The molecule has 78 valence electrons. The minimum absolute atomic E-state index is 0.107.